The molecule has 0 bridgehead atoms. The summed E-state index contributed by atoms with van der Waals surface area (Å²) in [6.07, 6.45) is 3.04. The van der Waals surface area contributed by atoms with E-state index in [4.69, 9.17) is 14.0 Å². The average molecular weight is 299 g/mol. The number of fused-ring (bicyclic) bond motifs is 4. The van der Waals surface area contributed by atoms with Gasteiger partial charge >= 0.3 is 5.97 Å². The van der Waals surface area contributed by atoms with Crippen molar-refractivity contribution in [3.63, 3.8) is 0 Å². The van der Waals surface area contributed by atoms with Crippen molar-refractivity contribution in [2.75, 3.05) is 13.7 Å². The maximum Gasteiger partial charge on any atom is 0.360 e. The molecular weight excluding hydrogens is 282 g/mol. The standard InChI is InChI=1S/C17H17NO4/c1-3-21-16(19)14-12-9-17(6-7-17)13-5-4-10(20-2)8-11(13)15(12)22-18-14/h4-5,8H,3,6-7,9H2,1-2H3. The summed E-state index contributed by atoms with van der Waals surface area (Å²) in [5.41, 5.74) is 3.57. The van der Waals surface area contributed by atoms with Gasteiger partial charge in [0.2, 0.25) is 0 Å². The number of carbonyl (C=O) groups excluding carboxylic acids is 1. The number of carbonyl (C=O) groups is 1. The third-order valence-corrected chi connectivity index (χ3v) is 4.67. The van der Waals surface area contributed by atoms with Crippen molar-refractivity contribution in [3.8, 4) is 17.1 Å². The molecule has 2 aromatic rings. The molecule has 0 saturated heterocycles. The first-order valence-corrected chi connectivity index (χ1v) is 7.53. The van der Waals surface area contributed by atoms with Gasteiger partial charge in [0.15, 0.2) is 11.5 Å². The lowest BCUT2D eigenvalue weighted by molar-refractivity contribution is 0.0513. The number of hydrogen-bond donors (Lipinski definition) is 0. The summed E-state index contributed by atoms with van der Waals surface area (Å²) in [5, 5.41) is 3.97. The second-order valence-electron chi connectivity index (χ2n) is 5.93. The number of methoxy groups -OCH3 is 1. The van der Waals surface area contributed by atoms with Gasteiger partial charge in [-0.1, -0.05) is 11.2 Å². The van der Waals surface area contributed by atoms with Gasteiger partial charge in [-0.05, 0) is 43.9 Å². The van der Waals surface area contributed by atoms with Crippen molar-refractivity contribution < 1.29 is 18.8 Å². The number of nitrogens with zero attached hydrogens (tertiary/aromatic N) is 1. The molecule has 0 atom stereocenters. The minimum atomic E-state index is -0.408. The number of hydrogen-bond acceptors (Lipinski definition) is 5. The quantitative estimate of drug-likeness (QED) is 0.815. The maximum absolute atomic E-state index is 12.1. The first kappa shape index (κ1) is 13.4. The summed E-state index contributed by atoms with van der Waals surface area (Å²) in [4.78, 5) is 12.1. The van der Waals surface area contributed by atoms with Gasteiger partial charge in [0, 0.05) is 16.5 Å². The van der Waals surface area contributed by atoms with E-state index in [2.05, 4.69) is 11.2 Å². The predicted molar refractivity (Wildman–Crippen MR) is 79.1 cm³/mol. The van der Waals surface area contributed by atoms with E-state index in [0.29, 0.717) is 18.1 Å². The molecule has 1 heterocycles. The Kier molecular flexibility index (Phi) is 2.79. The third kappa shape index (κ3) is 1.78. The SMILES string of the molecule is CCOC(=O)c1noc2c1CC1(CC1)c1ccc(OC)cc1-2. The highest BCUT2D eigenvalue weighted by molar-refractivity contribution is 5.92. The highest BCUT2D eigenvalue weighted by Gasteiger charge is 2.50. The molecule has 1 aromatic carbocycles. The summed E-state index contributed by atoms with van der Waals surface area (Å²) in [5.74, 6) is 1.04. The minimum Gasteiger partial charge on any atom is -0.497 e. The fourth-order valence-electron chi connectivity index (χ4n) is 3.38. The van der Waals surface area contributed by atoms with E-state index in [1.165, 1.54) is 5.56 Å². The highest BCUT2D eigenvalue weighted by atomic mass is 16.5. The van der Waals surface area contributed by atoms with Crippen molar-refractivity contribution in [2.45, 2.75) is 31.6 Å². The normalized spacial score (nSPS) is 16.8. The highest BCUT2D eigenvalue weighted by Crippen LogP contribution is 2.58. The zero-order valence-electron chi connectivity index (χ0n) is 12.6. The van der Waals surface area contributed by atoms with E-state index in [-0.39, 0.29) is 5.41 Å². The summed E-state index contributed by atoms with van der Waals surface area (Å²) in [6.45, 7) is 2.11. The number of esters is 1. The number of benzene rings is 1. The lowest BCUT2D eigenvalue weighted by Gasteiger charge is -2.24. The van der Waals surface area contributed by atoms with Gasteiger partial charge in [-0.2, -0.15) is 0 Å². The van der Waals surface area contributed by atoms with E-state index in [1.807, 2.05) is 12.1 Å². The number of aromatic nitrogens is 1. The summed E-state index contributed by atoms with van der Waals surface area (Å²) >= 11 is 0. The molecule has 22 heavy (non-hydrogen) atoms. The largest absolute Gasteiger partial charge is 0.497 e. The van der Waals surface area contributed by atoms with Gasteiger partial charge in [-0.3, -0.25) is 0 Å². The molecule has 0 aliphatic heterocycles. The van der Waals surface area contributed by atoms with Crippen molar-refractivity contribution in [2.24, 2.45) is 0 Å². The fourth-order valence-corrected chi connectivity index (χ4v) is 3.38. The Balaban J connectivity index is 1.87. The zero-order chi connectivity index (χ0) is 15.3. The summed E-state index contributed by atoms with van der Waals surface area (Å²) in [7, 11) is 1.64. The van der Waals surface area contributed by atoms with Crippen LogP contribution < -0.4 is 4.74 Å². The molecular formula is C17H17NO4. The smallest absolute Gasteiger partial charge is 0.360 e. The van der Waals surface area contributed by atoms with Crippen LogP contribution in [-0.2, 0) is 16.6 Å². The molecule has 4 rings (SSSR count). The fraction of sp³-hybridized carbons (Fsp3) is 0.412. The van der Waals surface area contributed by atoms with Crippen molar-refractivity contribution in [1.29, 1.82) is 0 Å². The third-order valence-electron chi connectivity index (χ3n) is 4.67. The van der Waals surface area contributed by atoms with Gasteiger partial charge in [0.05, 0.1) is 13.7 Å². The van der Waals surface area contributed by atoms with Gasteiger partial charge in [-0.15, -0.1) is 0 Å². The number of rotatable bonds is 3. The Morgan fingerprint density at radius 1 is 1.41 bits per heavy atom. The van der Waals surface area contributed by atoms with Crippen LogP contribution in [-0.4, -0.2) is 24.8 Å². The molecule has 0 N–H and O–H groups in total. The minimum absolute atomic E-state index is 0.126. The Hall–Kier alpha value is -2.30. The van der Waals surface area contributed by atoms with Crippen LogP contribution in [0.5, 0.6) is 5.75 Å². The maximum atomic E-state index is 12.1. The van der Waals surface area contributed by atoms with Crippen molar-refractivity contribution >= 4 is 5.97 Å². The van der Waals surface area contributed by atoms with Crippen LogP contribution in [0.2, 0.25) is 0 Å². The van der Waals surface area contributed by atoms with Crippen molar-refractivity contribution in [3.05, 3.63) is 35.0 Å². The van der Waals surface area contributed by atoms with Gasteiger partial charge < -0.3 is 14.0 Å². The topological polar surface area (TPSA) is 61.6 Å². The van der Waals surface area contributed by atoms with Crippen LogP contribution >= 0.6 is 0 Å². The average Bonchev–Trinajstić information content (AvgIpc) is 3.16. The van der Waals surface area contributed by atoms with E-state index in [0.717, 1.165) is 36.1 Å². The van der Waals surface area contributed by atoms with E-state index in [9.17, 15) is 4.79 Å². The van der Waals surface area contributed by atoms with Crippen molar-refractivity contribution in [1.82, 2.24) is 5.16 Å². The van der Waals surface area contributed by atoms with Crippen LogP contribution in [0.4, 0.5) is 0 Å². The molecule has 0 amide bonds. The first-order chi connectivity index (χ1) is 10.7. The molecule has 1 fully saturated rings. The van der Waals surface area contributed by atoms with E-state index < -0.39 is 5.97 Å². The Labute approximate surface area is 128 Å². The van der Waals surface area contributed by atoms with E-state index in [1.54, 1.807) is 14.0 Å². The second kappa shape index (κ2) is 4.60. The molecule has 114 valence electrons. The second-order valence-corrected chi connectivity index (χ2v) is 5.93. The molecule has 0 unspecified atom stereocenters. The van der Waals surface area contributed by atoms with Crippen LogP contribution in [0.3, 0.4) is 0 Å². The Morgan fingerprint density at radius 2 is 2.23 bits per heavy atom. The van der Waals surface area contributed by atoms with Crippen LogP contribution in [0.15, 0.2) is 22.7 Å². The van der Waals surface area contributed by atoms with Crippen LogP contribution in [0, 0.1) is 0 Å². The zero-order valence-corrected chi connectivity index (χ0v) is 12.6. The molecule has 1 spiro atoms. The summed E-state index contributed by atoms with van der Waals surface area (Å²) in [6, 6.07) is 6.05. The molecule has 1 saturated carbocycles. The van der Waals surface area contributed by atoms with Gasteiger partial charge in [-0.25, -0.2) is 4.79 Å². The molecule has 2 aliphatic rings. The van der Waals surface area contributed by atoms with E-state index >= 15 is 0 Å². The molecule has 5 heteroatoms. The molecule has 1 aromatic heterocycles. The van der Waals surface area contributed by atoms with Gasteiger partial charge in [0.1, 0.15) is 5.75 Å². The number of ether oxygens (including phenoxy) is 2. The lowest BCUT2D eigenvalue weighted by Crippen LogP contribution is -2.19. The monoisotopic (exact) mass is 299 g/mol. The summed E-state index contributed by atoms with van der Waals surface area (Å²) < 4.78 is 15.9. The molecule has 5 nitrogen and oxygen atoms in total. The Bertz CT molecular complexity index is 758. The predicted octanol–water partition coefficient (Wildman–Crippen LogP) is 3.11. The first-order valence-electron chi connectivity index (χ1n) is 7.53. The molecule has 0 radical (unpaired) electrons. The lowest BCUT2D eigenvalue weighted by atomic mass is 9.78. The van der Waals surface area contributed by atoms with Crippen LogP contribution in [0.25, 0.3) is 11.3 Å². The Morgan fingerprint density at radius 3 is 2.91 bits per heavy atom. The molecule has 2 aliphatic carbocycles. The van der Waals surface area contributed by atoms with Crippen LogP contribution in [0.1, 0.15) is 41.4 Å². The van der Waals surface area contributed by atoms with Gasteiger partial charge in [0.25, 0.3) is 0 Å².